The number of hydrogen-bond acceptors (Lipinski definition) is 3. The number of benzene rings is 2. The molecule has 0 aromatic heterocycles. The largest absolute Gasteiger partial charge is 0.339 e. The van der Waals surface area contributed by atoms with Crippen LogP contribution in [-0.2, 0) is 16.0 Å². The number of fused-ring (bicyclic) bond motifs is 1. The maximum absolute atomic E-state index is 13.6. The third kappa shape index (κ3) is 4.41. The monoisotopic (exact) mass is 405 g/mol. The van der Waals surface area contributed by atoms with Gasteiger partial charge in [0, 0.05) is 24.7 Å². The lowest BCUT2D eigenvalue weighted by Crippen LogP contribution is -2.46. The Labute approximate surface area is 178 Å². The fourth-order valence-electron chi connectivity index (χ4n) is 4.80. The van der Waals surface area contributed by atoms with Crippen LogP contribution in [-0.4, -0.2) is 42.4 Å². The van der Waals surface area contributed by atoms with Gasteiger partial charge in [0.1, 0.15) is 0 Å². The Bertz CT molecular complexity index is 896. The number of anilines is 1. The number of hydrogen-bond donors (Lipinski definition) is 2. The first-order valence-corrected chi connectivity index (χ1v) is 11.0. The van der Waals surface area contributed by atoms with Gasteiger partial charge in [0.05, 0.1) is 5.92 Å². The van der Waals surface area contributed by atoms with Crippen LogP contribution in [0.5, 0.6) is 0 Å². The Balaban J connectivity index is 1.51. The van der Waals surface area contributed by atoms with Crippen LogP contribution < -0.4 is 10.6 Å². The number of nitrogens with zero attached hydrogens (tertiary/aromatic N) is 1. The zero-order valence-corrected chi connectivity index (χ0v) is 17.8. The molecule has 5 nitrogen and oxygen atoms in total. The van der Waals surface area contributed by atoms with Gasteiger partial charge in [-0.3, -0.25) is 9.59 Å². The molecule has 0 saturated carbocycles. The van der Waals surface area contributed by atoms with Crippen molar-refractivity contribution in [3.8, 4) is 0 Å². The van der Waals surface area contributed by atoms with Crippen LogP contribution in [0.1, 0.15) is 37.3 Å². The first-order valence-electron chi connectivity index (χ1n) is 11.0. The van der Waals surface area contributed by atoms with Gasteiger partial charge >= 0.3 is 0 Å². The molecular formula is C25H31N3O2. The van der Waals surface area contributed by atoms with E-state index in [1.807, 2.05) is 35.2 Å². The summed E-state index contributed by atoms with van der Waals surface area (Å²) in [6, 6.07) is 18.3. The van der Waals surface area contributed by atoms with Crippen LogP contribution >= 0.6 is 0 Å². The average Bonchev–Trinajstić information content (AvgIpc) is 3.18. The molecule has 2 heterocycles. The minimum absolute atomic E-state index is 0.0673. The highest BCUT2D eigenvalue weighted by Crippen LogP contribution is 2.34. The highest BCUT2D eigenvalue weighted by atomic mass is 16.2. The van der Waals surface area contributed by atoms with Gasteiger partial charge in [-0.1, -0.05) is 48.5 Å². The topological polar surface area (TPSA) is 61.4 Å². The van der Waals surface area contributed by atoms with Crippen molar-refractivity contribution >= 4 is 17.5 Å². The second-order valence-corrected chi connectivity index (χ2v) is 8.84. The van der Waals surface area contributed by atoms with E-state index in [1.165, 1.54) is 5.56 Å². The summed E-state index contributed by atoms with van der Waals surface area (Å²) < 4.78 is 0. The maximum Gasteiger partial charge on any atom is 0.230 e. The molecule has 1 unspecified atom stereocenters. The zero-order chi connectivity index (χ0) is 21.1. The molecule has 2 aromatic rings. The van der Waals surface area contributed by atoms with Crippen LogP contribution in [0.4, 0.5) is 5.69 Å². The first-order chi connectivity index (χ1) is 14.5. The molecule has 0 radical (unpaired) electrons. The summed E-state index contributed by atoms with van der Waals surface area (Å²) in [6.07, 6.45) is 1.24. The normalized spacial score (nSPS) is 23.2. The minimum atomic E-state index is -0.403. The number of carbonyl (C=O) groups is 2. The van der Waals surface area contributed by atoms with Crippen molar-refractivity contribution in [3.63, 3.8) is 0 Å². The van der Waals surface area contributed by atoms with E-state index < -0.39 is 5.92 Å². The summed E-state index contributed by atoms with van der Waals surface area (Å²) in [6.45, 7) is 6.77. The lowest BCUT2D eigenvalue weighted by atomic mass is 9.86. The summed E-state index contributed by atoms with van der Waals surface area (Å²) >= 11 is 0. The predicted molar refractivity (Wildman–Crippen MR) is 119 cm³/mol. The molecule has 2 aliphatic heterocycles. The summed E-state index contributed by atoms with van der Waals surface area (Å²) in [4.78, 5) is 27.9. The van der Waals surface area contributed by atoms with Crippen LogP contribution in [0.2, 0.25) is 0 Å². The van der Waals surface area contributed by atoms with E-state index in [1.54, 1.807) is 0 Å². The summed E-state index contributed by atoms with van der Waals surface area (Å²) in [5.74, 6) is 0.491. The molecule has 5 heteroatoms. The van der Waals surface area contributed by atoms with Gasteiger partial charge in [0.15, 0.2) is 0 Å². The second-order valence-electron chi connectivity index (χ2n) is 8.84. The minimum Gasteiger partial charge on any atom is -0.339 e. The molecule has 158 valence electrons. The van der Waals surface area contributed by atoms with Gasteiger partial charge < -0.3 is 15.5 Å². The quantitative estimate of drug-likeness (QED) is 0.774. The number of para-hydroxylation sites is 1. The highest BCUT2D eigenvalue weighted by Gasteiger charge is 2.37. The van der Waals surface area contributed by atoms with Crippen LogP contribution in [0.25, 0.3) is 0 Å². The van der Waals surface area contributed by atoms with Crippen molar-refractivity contribution in [3.05, 3.63) is 65.7 Å². The standard InChI is InChI=1S/C25H31N3O2/c1-17(2)28(16-20-15-26-14-19(20)12-18-8-4-3-5-9-18)25(30)22-13-24(29)27-23-11-7-6-10-21(22)23/h3-11,17,19-20,22,26H,12-16H2,1-2H3,(H,27,29)/t19-,20-,22?/m0/s1. The Morgan fingerprint density at radius 3 is 2.50 bits per heavy atom. The Kier molecular flexibility index (Phi) is 6.18. The highest BCUT2D eigenvalue weighted by molar-refractivity contribution is 6.01. The van der Waals surface area contributed by atoms with E-state index in [4.69, 9.17) is 0 Å². The smallest absolute Gasteiger partial charge is 0.230 e. The number of carbonyl (C=O) groups excluding carboxylic acids is 2. The van der Waals surface area contributed by atoms with Gasteiger partial charge in [-0.2, -0.15) is 0 Å². The fourth-order valence-corrected chi connectivity index (χ4v) is 4.80. The maximum atomic E-state index is 13.6. The second kappa shape index (κ2) is 9.00. The third-order valence-corrected chi connectivity index (χ3v) is 6.46. The fraction of sp³-hybridized carbons (Fsp3) is 0.440. The van der Waals surface area contributed by atoms with E-state index in [0.717, 1.165) is 37.3 Å². The molecule has 1 saturated heterocycles. The Morgan fingerprint density at radius 2 is 1.73 bits per heavy atom. The molecule has 1 fully saturated rings. The molecule has 3 atom stereocenters. The van der Waals surface area contributed by atoms with Gasteiger partial charge in [-0.15, -0.1) is 0 Å². The summed E-state index contributed by atoms with van der Waals surface area (Å²) in [7, 11) is 0. The van der Waals surface area contributed by atoms with Crippen molar-refractivity contribution in [2.75, 3.05) is 25.0 Å². The molecule has 2 aliphatic rings. The Hall–Kier alpha value is -2.66. The van der Waals surface area contributed by atoms with Crippen LogP contribution in [0, 0.1) is 11.8 Å². The molecule has 0 aliphatic carbocycles. The van der Waals surface area contributed by atoms with Crippen molar-refractivity contribution in [2.45, 2.75) is 38.6 Å². The number of rotatable bonds is 6. The third-order valence-electron chi connectivity index (χ3n) is 6.46. The average molecular weight is 406 g/mol. The SMILES string of the molecule is CC(C)N(C[C@@H]1CNC[C@@H]1Cc1ccccc1)C(=O)C1CC(=O)Nc2ccccc21. The molecule has 30 heavy (non-hydrogen) atoms. The van der Waals surface area contributed by atoms with E-state index in [0.29, 0.717) is 11.8 Å². The molecule has 0 spiro atoms. The molecule has 2 amide bonds. The van der Waals surface area contributed by atoms with Gasteiger partial charge in [0.2, 0.25) is 11.8 Å². The van der Waals surface area contributed by atoms with Crippen molar-refractivity contribution in [2.24, 2.45) is 11.8 Å². The number of amides is 2. The van der Waals surface area contributed by atoms with Crippen molar-refractivity contribution < 1.29 is 9.59 Å². The van der Waals surface area contributed by atoms with E-state index in [2.05, 4.69) is 48.7 Å². The van der Waals surface area contributed by atoms with Gasteiger partial charge in [-0.25, -0.2) is 0 Å². The summed E-state index contributed by atoms with van der Waals surface area (Å²) in [5, 5.41) is 6.43. The van der Waals surface area contributed by atoms with E-state index in [9.17, 15) is 9.59 Å². The lowest BCUT2D eigenvalue weighted by Gasteiger charge is -2.35. The van der Waals surface area contributed by atoms with E-state index >= 15 is 0 Å². The molecule has 4 rings (SSSR count). The van der Waals surface area contributed by atoms with Gasteiger partial charge in [0.25, 0.3) is 0 Å². The zero-order valence-electron chi connectivity index (χ0n) is 17.8. The molecule has 2 aromatic carbocycles. The van der Waals surface area contributed by atoms with E-state index in [-0.39, 0.29) is 24.3 Å². The summed E-state index contributed by atoms with van der Waals surface area (Å²) in [5.41, 5.74) is 3.04. The molecular weight excluding hydrogens is 374 g/mol. The van der Waals surface area contributed by atoms with Crippen molar-refractivity contribution in [1.29, 1.82) is 0 Å². The molecule has 0 bridgehead atoms. The predicted octanol–water partition coefficient (Wildman–Crippen LogP) is 3.43. The Morgan fingerprint density at radius 1 is 1.03 bits per heavy atom. The van der Waals surface area contributed by atoms with Crippen LogP contribution in [0.3, 0.4) is 0 Å². The first kappa shape index (κ1) is 20.6. The number of nitrogens with one attached hydrogen (secondary N) is 2. The van der Waals surface area contributed by atoms with Crippen LogP contribution in [0.15, 0.2) is 54.6 Å². The van der Waals surface area contributed by atoms with Crippen molar-refractivity contribution in [1.82, 2.24) is 10.2 Å². The van der Waals surface area contributed by atoms with Gasteiger partial charge in [-0.05, 0) is 62.4 Å². The lowest BCUT2D eigenvalue weighted by molar-refractivity contribution is -0.137. The molecule has 2 N–H and O–H groups in total.